The molecule has 1 N–H and O–H groups in total. The molecule has 15 heavy (non-hydrogen) atoms. The summed E-state index contributed by atoms with van der Waals surface area (Å²) < 4.78 is 0. The van der Waals surface area contributed by atoms with Crippen molar-refractivity contribution in [1.29, 1.82) is 0 Å². The highest BCUT2D eigenvalue weighted by atomic mass is 16.1. The van der Waals surface area contributed by atoms with Crippen molar-refractivity contribution >= 4 is 11.0 Å². The largest absolute Gasteiger partial charge is 0.306 e. The fourth-order valence-corrected chi connectivity index (χ4v) is 1.53. The first-order valence-corrected chi connectivity index (χ1v) is 5.08. The second-order valence-corrected chi connectivity index (χ2v) is 4.11. The maximum absolute atomic E-state index is 11.4. The summed E-state index contributed by atoms with van der Waals surface area (Å²) in [5, 5.41) is 0.983. The Morgan fingerprint density at radius 3 is 2.73 bits per heavy atom. The van der Waals surface area contributed by atoms with Gasteiger partial charge in [-0.25, -0.2) is 4.98 Å². The predicted octanol–water partition coefficient (Wildman–Crippen LogP) is 2.35. The number of hydrogen-bond donors (Lipinski definition) is 1. The van der Waals surface area contributed by atoms with E-state index in [9.17, 15) is 4.79 Å². The lowest BCUT2D eigenvalue weighted by Gasteiger charge is -2.05. The van der Waals surface area contributed by atoms with Crippen LogP contribution in [-0.4, -0.2) is 9.97 Å². The van der Waals surface area contributed by atoms with Crippen molar-refractivity contribution in [2.75, 3.05) is 0 Å². The zero-order valence-corrected chi connectivity index (χ0v) is 9.16. The molecule has 0 bridgehead atoms. The Bertz CT molecular complexity index is 555. The molecule has 0 amide bonds. The molecule has 0 aliphatic heterocycles. The van der Waals surface area contributed by atoms with Gasteiger partial charge >= 0.3 is 0 Å². The highest BCUT2D eigenvalue weighted by Gasteiger charge is 2.04. The molecule has 0 saturated heterocycles. The monoisotopic (exact) mass is 202 g/mol. The molecule has 0 saturated carbocycles. The van der Waals surface area contributed by atoms with Crippen molar-refractivity contribution in [3.63, 3.8) is 0 Å². The first-order valence-electron chi connectivity index (χ1n) is 5.08. The van der Waals surface area contributed by atoms with Crippen molar-refractivity contribution in [3.8, 4) is 0 Å². The quantitative estimate of drug-likeness (QED) is 0.771. The number of hydrogen-bond acceptors (Lipinski definition) is 2. The predicted molar refractivity (Wildman–Crippen MR) is 61.2 cm³/mol. The van der Waals surface area contributed by atoms with Gasteiger partial charge in [0.25, 0.3) is 5.56 Å². The number of nitrogens with one attached hydrogen (secondary N) is 1. The summed E-state index contributed by atoms with van der Waals surface area (Å²) in [6, 6.07) is 5.87. The summed E-state index contributed by atoms with van der Waals surface area (Å²) in [4.78, 5) is 18.6. The molecular weight excluding hydrogens is 188 g/mol. The third kappa shape index (κ3) is 1.77. The normalized spacial score (nSPS) is 11.2. The third-order valence-electron chi connectivity index (χ3n) is 2.50. The van der Waals surface area contributed by atoms with Gasteiger partial charge < -0.3 is 4.98 Å². The summed E-state index contributed by atoms with van der Waals surface area (Å²) >= 11 is 0. The summed E-state index contributed by atoms with van der Waals surface area (Å²) in [5.41, 5.74) is 2.34. The molecule has 2 aromatic heterocycles. The van der Waals surface area contributed by atoms with Gasteiger partial charge in [0.05, 0.1) is 0 Å². The zero-order valence-electron chi connectivity index (χ0n) is 9.16. The van der Waals surface area contributed by atoms with Crippen LogP contribution in [0.1, 0.15) is 31.0 Å². The van der Waals surface area contributed by atoms with E-state index < -0.39 is 0 Å². The number of fused-ring (bicyclic) bond motifs is 1. The Morgan fingerprint density at radius 2 is 2.07 bits per heavy atom. The maximum atomic E-state index is 11.4. The van der Waals surface area contributed by atoms with Crippen molar-refractivity contribution in [2.45, 2.75) is 26.7 Å². The van der Waals surface area contributed by atoms with Crippen LogP contribution in [0.2, 0.25) is 0 Å². The molecule has 0 atom stereocenters. The number of nitrogens with zero attached hydrogens (tertiary/aromatic N) is 1. The average Bonchev–Trinajstić information content (AvgIpc) is 2.19. The van der Waals surface area contributed by atoms with Crippen LogP contribution in [0.4, 0.5) is 0 Å². The number of aryl methyl sites for hydroxylation is 1. The Balaban J connectivity index is 2.72. The van der Waals surface area contributed by atoms with E-state index in [4.69, 9.17) is 0 Å². The minimum Gasteiger partial charge on any atom is -0.306 e. The van der Waals surface area contributed by atoms with Gasteiger partial charge in [-0.15, -0.1) is 0 Å². The molecule has 3 nitrogen and oxygen atoms in total. The molecule has 2 heterocycles. The topological polar surface area (TPSA) is 45.8 Å². The smallest absolute Gasteiger partial charge is 0.252 e. The van der Waals surface area contributed by atoms with E-state index in [0.29, 0.717) is 11.6 Å². The molecule has 2 rings (SSSR count). The van der Waals surface area contributed by atoms with Gasteiger partial charge in [-0.1, -0.05) is 13.8 Å². The molecule has 0 unspecified atom stereocenters. The molecule has 0 spiro atoms. The molecule has 78 valence electrons. The molecule has 3 heteroatoms. The van der Waals surface area contributed by atoms with Crippen molar-refractivity contribution in [1.82, 2.24) is 9.97 Å². The zero-order chi connectivity index (χ0) is 11.0. The molecule has 2 aromatic rings. The summed E-state index contributed by atoms with van der Waals surface area (Å²) in [7, 11) is 0. The minimum atomic E-state index is -0.0593. The summed E-state index contributed by atoms with van der Waals surface area (Å²) in [6.07, 6.45) is 0. The van der Waals surface area contributed by atoms with E-state index in [1.54, 1.807) is 6.92 Å². The molecule has 0 aromatic carbocycles. The SMILES string of the molecule is Cc1cc2ccc(C(C)C)nc2[nH]c1=O. The first kappa shape index (κ1) is 9.90. The van der Waals surface area contributed by atoms with Gasteiger partial charge in [0.1, 0.15) is 5.65 Å². The number of aromatic nitrogens is 2. The lowest BCUT2D eigenvalue weighted by molar-refractivity contribution is 0.827. The summed E-state index contributed by atoms with van der Waals surface area (Å²) in [6.45, 7) is 5.97. The molecule has 0 radical (unpaired) electrons. The van der Waals surface area contributed by atoms with E-state index in [-0.39, 0.29) is 5.56 Å². The summed E-state index contributed by atoms with van der Waals surface area (Å²) in [5.74, 6) is 0.374. The van der Waals surface area contributed by atoms with Crippen LogP contribution in [0.15, 0.2) is 23.0 Å². The Labute approximate surface area is 88.2 Å². The van der Waals surface area contributed by atoms with Gasteiger partial charge in [-0.3, -0.25) is 4.79 Å². The second-order valence-electron chi connectivity index (χ2n) is 4.11. The second kappa shape index (κ2) is 3.50. The van der Waals surface area contributed by atoms with E-state index in [0.717, 1.165) is 16.6 Å². The van der Waals surface area contributed by atoms with E-state index in [1.807, 2.05) is 18.2 Å². The van der Waals surface area contributed by atoms with Gasteiger partial charge in [-0.05, 0) is 31.0 Å². The number of pyridine rings is 2. The lowest BCUT2D eigenvalue weighted by atomic mass is 10.1. The van der Waals surface area contributed by atoms with Crippen LogP contribution in [0.5, 0.6) is 0 Å². The van der Waals surface area contributed by atoms with Gasteiger partial charge in [-0.2, -0.15) is 0 Å². The van der Waals surface area contributed by atoms with Crippen molar-refractivity contribution in [2.24, 2.45) is 0 Å². The van der Waals surface area contributed by atoms with Gasteiger partial charge in [0.15, 0.2) is 0 Å². The number of rotatable bonds is 1. The fourth-order valence-electron chi connectivity index (χ4n) is 1.53. The number of H-pyrrole nitrogens is 1. The van der Waals surface area contributed by atoms with E-state index >= 15 is 0 Å². The molecular formula is C12H14N2O. The lowest BCUT2D eigenvalue weighted by Crippen LogP contribution is -2.09. The highest BCUT2D eigenvalue weighted by molar-refractivity contribution is 5.75. The van der Waals surface area contributed by atoms with Crippen LogP contribution in [0, 0.1) is 6.92 Å². The fraction of sp³-hybridized carbons (Fsp3) is 0.333. The van der Waals surface area contributed by atoms with Crippen LogP contribution in [0.3, 0.4) is 0 Å². The van der Waals surface area contributed by atoms with E-state index in [1.165, 1.54) is 0 Å². The maximum Gasteiger partial charge on any atom is 0.252 e. The first-order chi connectivity index (χ1) is 7.08. The standard InChI is InChI=1S/C12H14N2O/c1-7(2)10-5-4-9-6-8(3)12(15)14-11(9)13-10/h4-7H,1-3H3,(H,13,14,15). The molecule has 0 aliphatic carbocycles. The number of aromatic amines is 1. The van der Waals surface area contributed by atoms with Crippen molar-refractivity contribution in [3.05, 3.63) is 39.8 Å². The highest BCUT2D eigenvalue weighted by Crippen LogP contribution is 2.15. The van der Waals surface area contributed by atoms with Crippen LogP contribution >= 0.6 is 0 Å². The Morgan fingerprint density at radius 1 is 1.33 bits per heavy atom. The van der Waals surface area contributed by atoms with Gasteiger partial charge in [0, 0.05) is 16.6 Å². The van der Waals surface area contributed by atoms with Crippen LogP contribution < -0.4 is 5.56 Å². The van der Waals surface area contributed by atoms with Crippen LogP contribution in [-0.2, 0) is 0 Å². The third-order valence-corrected chi connectivity index (χ3v) is 2.50. The van der Waals surface area contributed by atoms with Crippen molar-refractivity contribution < 1.29 is 0 Å². The molecule has 0 fully saturated rings. The Hall–Kier alpha value is -1.64. The van der Waals surface area contributed by atoms with Crippen LogP contribution in [0.25, 0.3) is 11.0 Å². The minimum absolute atomic E-state index is 0.0593. The van der Waals surface area contributed by atoms with Gasteiger partial charge in [0.2, 0.25) is 0 Å². The Kier molecular flexibility index (Phi) is 2.31. The average molecular weight is 202 g/mol. The van der Waals surface area contributed by atoms with E-state index in [2.05, 4.69) is 23.8 Å². The molecule has 0 aliphatic rings.